The zero-order valence-corrected chi connectivity index (χ0v) is 22.3. The number of carbonyl (C=O) groups excluding carboxylic acids is 1. The molecular weight excluding hydrogens is 497 g/mol. The van der Waals surface area contributed by atoms with Gasteiger partial charge in [0.2, 0.25) is 0 Å². The molecule has 3 heterocycles. The minimum atomic E-state index is 0. The van der Waals surface area contributed by atoms with Gasteiger partial charge in [-0.25, -0.2) is 4.68 Å². The van der Waals surface area contributed by atoms with Crippen LogP contribution in [0.2, 0.25) is 5.02 Å². The van der Waals surface area contributed by atoms with Crippen LogP contribution in [0.1, 0.15) is 40.4 Å². The van der Waals surface area contributed by atoms with Crippen molar-refractivity contribution in [3.63, 3.8) is 0 Å². The molecule has 1 amide bonds. The molecule has 0 bridgehead atoms. The van der Waals surface area contributed by atoms with Gasteiger partial charge in [-0.05, 0) is 74.8 Å². The summed E-state index contributed by atoms with van der Waals surface area (Å²) in [5, 5.41) is 8.87. The molecule has 36 heavy (non-hydrogen) atoms. The Hall–Kier alpha value is -2.74. The lowest BCUT2D eigenvalue weighted by Crippen LogP contribution is -2.49. The summed E-state index contributed by atoms with van der Waals surface area (Å²) >= 11 is 6.44. The number of hydrogen-bond donors (Lipinski definition) is 1. The average Bonchev–Trinajstić information content (AvgIpc) is 3.35. The summed E-state index contributed by atoms with van der Waals surface area (Å²) in [7, 11) is 1.67. The van der Waals surface area contributed by atoms with Gasteiger partial charge in [-0.2, -0.15) is 5.10 Å². The maximum Gasteiger partial charge on any atom is 0.257 e. The van der Waals surface area contributed by atoms with E-state index in [-0.39, 0.29) is 24.2 Å². The number of ether oxygens (including phenoxy) is 1. The summed E-state index contributed by atoms with van der Waals surface area (Å²) in [6, 6.07) is 14.0. The second kappa shape index (κ2) is 11.5. The highest BCUT2D eigenvalue weighted by atomic mass is 35.5. The van der Waals surface area contributed by atoms with Crippen LogP contribution < -0.4 is 15.0 Å². The van der Waals surface area contributed by atoms with Crippen molar-refractivity contribution in [2.75, 3.05) is 51.3 Å². The van der Waals surface area contributed by atoms with Gasteiger partial charge in [-0.1, -0.05) is 17.7 Å². The Balaban J connectivity index is 0.00000304. The van der Waals surface area contributed by atoms with E-state index < -0.39 is 0 Å². The van der Waals surface area contributed by atoms with E-state index in [0.29, 0.717) is 23.7 Å². The fourth-order valence-electron chi connectivity index (χ4n) is 5.16. The van der Waals surface area contributed by atoms with Gasteiger partial charge in [-0.3, -0.25) is 4.79 Å². The standard InChI is InChI=1S/C27H32ClN5O2.ClH/c1-19-24(28)4-3-5-25(19)33-26(20-10-12-29-13-11-20)23(18-30-33)27(34)32-16-14-31(15-17-32)21-6-8-22(35-2)9-7-21;/h3-9,18,20,29H,10-17H2,1-2H3;1H. The van der Waals surface area contributed by atoms with Gasteiger partial charge in [0.1, 0.15) is 5.75 Å². The lowest BCUT2D eigenvalue weighted by Gasteiger charge is -2.36. The van der Waals surface area contributed by atoms with Gasteiger partial charge < -0.3 is 19.9 Å². The van der Waals surface area contributed by atoms with Crippen molar-refractivity contribution in [3.8, 4) is 11.4 Å². The highest BCUT2D eigenvalue weighted by Crippen LogP contribution is 2.33. The molecule has 0 saturated carbocycles. The Morgan fingerprint density at radius 1 is 1.06 bits per heavy atom. The fraction of sp³-hybridized carbons (Fsp3) is 0.407. The van der Waals surface area contributed by atoms with Gasteiger partial charge in [0.25, 0.3) is 5.91 Å². The molecule has 9 heteroatoms. The third-order valence-electron chi connectivity index (χ3n) is 7.23. The second-order valence-electron chi connectivity index (χ2n) is 9.24. The maximum absolute atomic E-state index is 13.8. The molecule has 2 aromatic carbocycles. The first-order valence-electron chi connectivity index (χ1n) is 12.3. The molecule has 7 nitrogen and oxygen atoms in total. The number of hydrogen-bond acceptors (Lipinski definition) is 5. The van der Waals surface area contributed by atoms with E-state index in [0.717, 1.165) is 67.4 Å². The number of rotatable bonds is 5. The minimum absolute atomic E-state index is 0. The van der Waals surface area contributed by atoms with Gasteiger partial charge in [0.05, 0.1) is 30.3 Å². The summed E-state index contributed by atoms with van der Waals surface area (Å²) in [6.07, 6.45) is 3.73. The zero-order valence-electron chi connectivity index (χ0n) is 20.7. The second-order valence-corrected chi connectivity index (χ2v) is 9.65. The Kier molecular flexibility index (Phi) is 8.44. The summed E-state index contributed by atoms with van der Waals surface area (Å²) in [5.74, 6) is 1.19. The lowest BCUT2D eigenvalue weighted by molar-refractivity contribution is 0.0744. The Labute approximate surface area is 223 Å². The number of nitrogens with zero attached hydrogens (tertiary/aromatic N) is 4. The minimum Gasteiger partial charge on any atom is -0.497 e. The number of carbonyl (C=O) groups is 1. The van der Waals surface area contributed by atoms with Gasteiger partial charge in [0.15, 0.2) is 0 Å². The molecule has 0 spiro atoms. The van der Waals surface area contributed by atoms with Crippen LogP contribution in [-0.2, 0) is 0 Å². The van der Waals surface area contributed by atoms with Crippen LogP contribution in [0, 0.1) is 6.92 Å². The first-order valence-corrected chi connectivity index (χ1v) is 12.7. The van der Waals surface area contributed by atoms with Crippen LogP contribution in [0.5, 0.6) is 5.75 Å². The van der Waals surface area contributed by atoms with Crippen molar-refractivity contribution in [1.82, 2.24) is 20.0 Å². The van der Waals surface area contributed by atoms with E-state index in [1.807, 2.05) is 46.8 Å². The molecule has 5 rings (SSSR count). The third-order valence-corrected chi connectivity index (χ3v) is 7.64. The molecule has 1 N–H and O–H groups in total. The number of benzene rings is 2. The normalized spacial score (nSPS) is 16.5. The average molecular weight is 531 g/mol. The highest BCUT2D eigenvalue weighted by molar-refractivity contribution is 6.31. The summed E-state index contributed by atoms with van der Waals surface area (Å²) in [5.41, 5.74) is 4.79. The molecule has 0 atom stereocenters. The Bertz CT molecular complexity index is 1180. The first kappa shape index (κ1) is 26.3. The third kappa shape index (κ3) is 5.19. The largest absolute Gasteiger partial charge is 0.497 e. The number of amides is 1. The predicted octanol–water partition coefficient (Wildman–Crippen LogP) is 4.69. The van der Waals surface area contributed by atoms with Crippen LogP contribution in [0.25, 0.3) is 5.69 Å². The summed E-state index contributed by atoms with van der Waals surface area (Å²) in [6.45, 7) is 6.84. The lowest BCUT2D eigenvalue weighted by atomic mass is 9.91. The van der Waals surface area contributed by atoms with E-state index in [1.165, 1.54) is 0 Å². The zero-order chi connectivity index (χ0) is 24.4. The Morgan fingerprint density at radius 2 is 1.75 bits per heavy atom. The number of piperazine rings is 1. The smallest absolute Gasteiger partial charge is 0.257 e. The number of piperidine rings is 1. The molecule has 0 unspecified atom stereocenters. The van der Waals surface area contributed by atoms with Crippen LogP contribution in [0.4, 0.5) is 5.69 Å². The molecular formula is C27H33Cl2N5O2. The fourth-order valence-corrected chi connectivity index (χ4v) is 5.33. The van der Waals surface area contributed by atoms with Gasteiger partial charge in [-0.15, -0.1) is 12.4 Å². The Morgan fingerprint density at radius 3 is 2.42 bits per heavy atom. The maximum atomic E-state index is 13.8. The molecule has 2 aliphatic rings. The van der Waals surface area contributed by atoms with E-state index in [9.17, 15) is 4.79 Å². The number of aromatic nitrogens is 2. The van der Waals surface area contributed by atoms with E-state index in [1.54, 1.807) is 13.3 Å². The highest BCUT2D eigenvalue weighted by Gasteiger charge is 2.31. The molecule has 3 aromatic rings. The molecule has 192 valence electrons. The quantitative estimate of drug-likeness (QED) is 0.519. The monoisotopic (exact) mass is 529 g/mol. The molecule has 2 aliphatic heterocycles. The van der Waals surface area contributed by atoms with Gasteiger partial charge in [0, 0.05) is 42.8 Å². The van der Waals surface area contributed by atoms with E-state index >= 15 is 0 Å². The number of anilines is 1. The van der Waals surface area contributed by atoms with Crippen LogP contribution in [0.15, 0.2) is 48.7 Å². The van der Waals surface area contributed by atoms with Crippen molar-refractivity contribution in [2.24, 2.45) is 0 Å². The molecule has 2 saturated heterocycles. The molecule has 2 fully saturated rings. The number of nitrogens with one attached hydrogen (secondary N) is 1. The molecule has 0 aliphatic carbocycles. The van der Waals surface area contributed by atoms with E-state index in [2.05, 4.69) is 22.3 Å². The number of methoxy groups -OCH3 is 1. The summed E-state index contributed by atoms with van der Waals surface area (Å²) in [4.78, 5) is 18.1. The summed E-state index contributed by atoms with van der Waals surface area (Å²) < 4.78 is 7.23. The van der Waals surface area contributed by atoms with Crippen LogP contribution in [0.3, 0.4) is 0 Å². The first-order chi connectivity index (χ1) is 17.1. The van der Waals surface area contributed by atoms with Crippen molar-refractivity contribution in [2.45, 2.75) is 25.7 Å². The molecule has 1 aromatic heterocycles. The number of halogens is 2. The SMILES string of the molecule is COc1ccc(N2CCN(C(=O)c3cnn(-c4cccc(Cl)c4C)c3C3CCNCC3)CC2)cc1.Cl. The van der Waals surface area contributed by atoms with Gasteiger partial charge >= 0.3 is 0 Å². The van der Waals surface area contributed by atoms with Crippen LogP contribution in [-0.4, -0.2) is 67.0 Å². The van der Waals surface area contributed by atoms with Crippen LogP contribution >= 0.6 is 24.0 Å². The van der Waals surface area contributed by atoms with E-state index in [4.69, 9.17) is 21.4 Å². The molecule has 0 radical (unpaired) electrons. The topological polar surface area (TPSA) is 62.6 Å². The van der Waals surface area contributed by atoms with Crippen molar-refractivity contribution < 1.29 is 9.53 Å². The van der Waals surface area contributed by atoms with Crippen molar-refractivity contribution >= 4 is 35.6 Å². The predicted molar refractivity (Wildman–Crippen MR) is 147 cm³/mol. The van der Waals surface area contributed by atoms with Crippen molar-refractivity contribution in [3.05, 3.63) is 70.5 Å². The van der Waals surface area contributed by atoms with Crippen molar-refractivity contribution in [1.29, 1.82) is 0 Å².